The standard InChI is InChI=1S/C28H27ClO2/c1-30-26-8-4-7-24-23-16-15-21-19(12-9-18-10-13-20(29)14-11-18)5-3-6-22(21)25(23)17-27(31-2)28(24)26/h4,7-8,10-11,13-17,19H,3,5-6,9,12H2,1-2H3/t19-/m0/s1. The van der Waals surface area contributed by atoms with Crippen molar-refractivity contribution in [3.63, 3.8) is 0 Å². The molecule has 1 aliphatic rings. The molecule has 0 aliphatic heterocycles. The minimum absolute atomic E-state index is 0.593. The fourth-order valence-electron chi connectivity index (χ4n) is 5.26. The van der Waals surface area contributed by atoms with Crippen LogP contribution in [-0.2, 0) is 12.8 Å². The Kier molecular flexibility index (Phi) is 5.50. The smallest absolute Gasteiger partial charge is 0.131 e. The zero-order valence-corrected chi connectivity index (χ0v) is 18.8. The summed E-state index contributed by atoms with van der Waals surface area (Å²) in [4.78, 5) is 0. The number of hydrogen-bond acceptors (Lipinski definition) is 2. The third-order valence-electron chi connectivity index (χ3n) is 6.79. The zero-order chi connectivity index (χ0) is 21.4. The second kappa shape index (κ2) is 8.43. The molecule has 5 rings (SSSR count). The molecule has 1 aliphatic carbocycles. The number of rotatable bonds is 5. The van der Waals surface area contributed by atoms with Gasteiger partial charge in [-0.15, -0.1) is 0 Å². The summed E-state index contributed by atoms with van der Waals surface area (Å²) in [5, 5.41) is 5.66. The molecule has 4 aromatic rings. The molecule has 4 aromatic carbocycles. The van der Waals surface area contributed by atoms with Gasteiger partial charge in [0.15, 0.2) is 0 Å². The molecular weight excluding hydrogens is 404 g/mol. The Morgan fingerprint density at radius 3 is 2.45 bits per heavy atom. The van der Waals surface area contributed by atoms with Gasteiger partial charge in [-0.25, -0.2) is 0 Å². The molecule has 0 unspecified atom stereocenters. The molecule has 31 heavy (non-hydrogen) atoms. The average molecular weight is 431 g/mol. The van der Waals surface area contributed by atoms with Gasteiger partial charge in [0.05, 0.1) is 19.6 Å². The molecule has 3 heteroatoms. The van der Waals surface area contributed by atoms with E-state index in [1.807, 2.05) is 18.2 Å². The summed E-state index contributed by atoms with van der Waals surface area (Å²) in [6.07, 6.45) is 5.86. The summed E-state index contributed by atoms with van der Waals surface area (Å²) in [7, 11) is 3.47. The lowest BCUT2D eigenvalue weighted by molar-refractivity contribution is 0.405. The van der Waals surface area contributed by atoms with Crippen molar-refractivity contribution in [2.75, 3.05) is 14.2 Å². The highest BCUT2D eigenvalue weighted by molar-refractivity contribution is 6.30. The lowest BCUT2D eigenvalue weighted by Gasteiger charge is -2.27. The highest BCUT2D eigenvalue weighted by atomic mass is 35.5. The van der Waals surface area contributed by atoms with Crippen LogP contribution in [0.2, 0.25) is 5.02 Å². The van der Waals surface area contributed by atoms with Crippen LogP contribution in [-0.4, -0.2) is 14.2 Å². The molecule has 0 saturated heterocycles. The van der Waals surface area contributed by atoms with Crippen LogP contribution < -0.4 is 9.47 Å². The van der Waals surface area contributed by atoms with Crippen molar-refractivity contribution in [2.45, 2.75) is 38.0 Å². The fraction of sp³-hybridized carbons (Fsp3) is 0.286. The third kappa shape index (κ3) is 3.64. The number of methoxy groups -OCH3 is 2. The second-order valence-corrected chi connectivity index (χ2v) is 8.88. The molecule has 0 amide bonds. The third-order valence-corrected chi connectivity index (χ3v) is 7.04. The maximum atomic E-state index is 6.05. The SMILES string of the molecule is COc1cccc2c1c(OC)cc1c3c(ccc12)[C@H](CCc1ccc(Cl)cc1)CCC3. The van der Waals surface area contributed by atoms with Crippen molar-refractivity contribution in [3.8, 4) is 11.5 Å². The van der Waals surface area contributed by atoms with E-state index in [1.54, 1.807) is 14.2 Å². The van der Waals surface area contributed by atoms with Crippen LogP contribution in [0.1, 0.15) is 41.9 Å². The first kappa shape index (κ1) is 20.2. The van der Waals surface area contributed by atoms with Crippen molar-refractivity contribution in [1.82, 2.24) is 0 Å². The summed E-state index contributed by atoms with van der Waals surface area (Å²) >= 11 is 6.05. The van der Waals surface area contributed by atoms with Crippen LogP contribution >= 0.6 is 11.6 Å². The highest BCUT2D eigenvalue weighted by Gasteiger charge is 2.23. The molecule has 0 saturated carbocycles. The molecule has 0 aromatic heterocycles. The van der Waals surface area contributed by atoms with Crippen molar-refractivity contribution < 1.29 is 9.47 Å². The molecule has 0 radical (unpaired) electrons. The van der Waals surface area contributed by atoms with Crippen molar-refractivity contribution in [3.05, 3.63) is 82.4 Å². The van der Waals surface area contributed by atoms with E-state index in [2.05, 4.69) is 42.5 Å². The second-order valence-electron chi connectivity index (χ2n) is 8.44. The summed E-state index contributed by atoms with van der Waals surface area (Å²) in [5.41, 5.74) is 4.36. The van der Waals surface area contributed by atoms with E-state index in [-0.39, 0.29) is 0 Å². The first-order valence-electron chi connectivity index (χ1n) is 11.0. The lowest BCUT2D eigenvalue weighted by Crippen LogP contribution is -2.11. The maximum Gasteiger partial charge on any atom is 0.131 e. The van der Waals surface area contributed by atoms with E-state index in [0.29, 0.717) is 5.92 Å². The lowest BCUT2D eigenvalue weighted by atomic mass is 9.77. The van der Waals surface area contributed by atoms with E-state index in [0.717, 1.165) is 34.7 Å². The maximum absolute atomic E-state index is 6.05. The van der Waals surface area contributed by atoms with E-state index in [4.69, 9.17) is 21.1 Å². The monoisotopic (exact) mass is 430 g/mol. The Morgan fingerprint density at radius 1 is 0.871 bits per heavy atom. The summed E-state index contributed by atoms with van der Waals surface area (Å²) < 4.78 is 11.5. The van der Waals surface area contributed by atoms with Gasteiger partial charge in [-0.1, -0.05) is 48.0 Å². The Labute approximate surface area is 188 Å². The minimum atomic E-state index is 0.593. The molecular formula is C28H27ClO2. The van der Waals surface area contributed by atoms with Gasteiger partial charge < -0.3 is 9.47 Å². The molecule has 0 spiro atoms. The topological polar surface area (TPSA) is 18.5 Å². The molecule has 2 nitrogen and oxygen atoms in total. The number of fused-ring (bicyclic) bond motifs is 5. The van der Waals surface area contributed by atoms with Crippen LogP contribution in [0, 0.1) is 0 Å². The van der Waals surface area contributed by atoms with Gasteiger partial charge >= 0.3 is 0 Å². The minimum Gasteiger partial charge on any atom is -0.496 e. The van der Waals surface area contributed by atoms with Gasteiger partial charge in [0.1, 0.15) is 11.5 Å². The van der Waals surface area contributed by atoms with E-state index in [9.17, 15) is 0 Å². The van der Waals surface area contributed by atoms with Gasteiger partial charge in [-0.2, -0.15) is 0 Å². The van der Waals surface area contributed by atoms with E-state index < -0.39 is 0 Å². The number of aryl methyl sites for hydroxylation is 2. The van der Waals surface area contributed by atoms with Gasteiger partial charge in [0.25, 0.3) is 0 Å². The van der Waals surface area contributed by atoms with Crippen LogP contribution in [0.5, 0.6) is 11.5 Å². The predicted molar refractivity (Wildman–Crippen MR) is 130 cm³/mol. The fourth-order valence-corrected chi connectivity index (χ4v) is 5.39. The Hall–Kier alpha value is -2.71. The average Bonchev–Trinajstić information content (AvgIpc) is 2.82. The quantitative estimate of drug-likeness (QED) is 0.302. The first-order valence-corrected chi connectivity index (χ1v) is 11.4. The van der Waals surface area contributed by atoms with Crippen molar-refractivity contribution in [2.24, 2.45) is 0 Å². The van der Waals surface area contributed by atoms with Crippen molar-refractivity contribution >= 4 is 33.1 Å². The summed E-state index contributed by atoms with van der Waals surface area (Å²) in [6, 6.07) is 21.4. The number of benzene rings is 4. The molecule has 158 valence electrons. The number of halogens is 1. The van der Waals surface area contributed by atoms with Gasteiger partial charge in [0.2, 0.25) is 0 Å². The Balaban J connectivity index is 1.58. The van der Waals surface area contributed by atoms with E-state index >= 15 is 0 Å². The normalized spacial score (nSPS) is 15.8. The predicted octanol–water partition coefficient (Wildman–Crippen LogP) is 7.72. The number of hydrogen-bond donors (Lipinski definition) is 0. The largest absolute Gasteiger partial charge is 0.496 e. The molecule has 1 atom stereocenters. The first-order chi connectivity index (χ1) is 15.2. The van der Waals surface area contributed by atoms with Crippen LogP contribution in [0.15, 0.2) is 60.7 Å². The van der Waals surface area contributed by atoms with Crippen LogP contribution in [0.25, 0.3) is 21.5 Å². The van der Waals surface area contributed by atoms with Crippen molar-refractivity contribution in [1.29, 1.82) is 0 Å². The summed E-state index contributed by atoms with van der Waals surface area (Å²) in [6.45, 7) is 0. The van der Waals surface area contributed by atoms with Gasteiger partial charge in [-0.3, -0.25) is 0 Å². The van der Waals surface area contributed by atoms with Gasteiger partial charge in [0, 0.05) is 5.02 Å². The number of ether oxygens (including phenoxy) is 2. The highest BCUT2D eigenvalue weighted by Crippen LogP contribution is 2.44. The van der Waals surface area contributed by atoms with Crippen LogP contribution in [0.3, 0.4) is 0 Å². The van der Waals surface area contributed by atoms with Gasteiger partial charge in [-0.05, 0) is 95.1 Å². The summed E-state index contributed by atoms with van der Waals surface area (Å²) in [5.74, 6) is 2.34. The molecule has 0 N–H and O–H groups in total. The Morgan fingerprint density at radius 2 is 1.68 bits per heavy atom. The van der Waals surface area contributed by atoms with Crippen LogP contribution in [0.4, 0.5) is 0 Å². The van der Waals surface area contributed by atoms with E-state index in [1.165, 1.54) is 52.1 Å². The zero-order valence-electron chi connectivity index (χ0n) is 18.1. The molecule has 0 bridgehead atoms. The molecule has 0 heterocycles. The Bertz CT molecular complexity index is 1240. The molecule has 0 fully saturated rings.